The van der Waals surface area contributed by atoms with Gasteiger partial charge in [0.2, 0.25) is 0 Å². The second kappa shape index (κ2) is 44.0. The van der Waals surface area contributed by atoms with Crippen LogP contribution in [0, 0.1) is 0 Å². The molecule has 91 heavy (non-hydrogen) atoms. The lowest BCUT2D eigenvalue weighted by Crippen LogP contribution is -2.32. The van der Waals surface area contributed by atoms with E-state index in [1.165, 1.54) is 35.1 Å². The van der Waals surface area contributed by atoms with Crippen LogP contribution in [-0.4, -0.2) is 154 Å². The Kier molecular flexibility index (Phi) is 37.5. The average molecular weight is 1310 g/mol. The van der Waals surface area contributed by atoms with Gasteiger partial charge in [-0.05, 0) is 39.3 Å². The number of hydrogen-bond donors (Lipinski definition) is 13. The largest absolute Gasteiger partial charge is 0.480 e. The van der Waals surface area contributed by atoms with Gasteiger partial charge in [-0.3, -0.25) is 33.4 Å². The Morgan fingerprint density at radius 1 is 0.538 bits per heavy atom. The molecule has 0 unspecified atom stereocenters. The van der Waals surface area contributed by atoms with Gasteiger partial charge in [0.05, 0.1) is 90.2 Å². The highest BCUT2D eigenvalue weighted by Crippen LogP contribution is 2.16. The number of hydrogen-bond acceptors (Lipinski definition) is 29. The first-order valence-electron chi connectivity index (χ1n) is 24.9. The van der Waals surface area contributed by atoms with Gasteiger partial charge in [0, 0.05) is 90.9 Å². The number of thiazole rings is 2. The van der Waals surface area contributed by atoms with E-state index in [4.69, 9.17) is 107 Å². The number of aliphatic carboxylic acids is 6. The summed E-state index contributed by atoms with van der Waals surface area (Å²) in [5.41, 5.74) is 82.9. The van der Waals surface area contributed by atoms with Crippen LogP contribution in [0.4, 0.5) is 0 Å². The zero-order chi connectivity index (χ0) is 68.3. The summed E-state index contributed by atoms with van der Waals surface area (Å²) in [6, 6.07) is -4.27. The Morgan fingerprint density at radius 3 is 1.59 bits per heavy atom. The van der Waals surface area contributed by atoms with E-state index in [0.29, 0.717) is 57.3 Å². The molecule has 19 N–H and O–H groups in total. The number of carboxylic acids is 6. The predicted octanol–water partition coefficient (Wildman–Crippen LogP) is 2.41. The molecular formula is C42H57N33O14S2. The van der Waals surface area contributed by atoms with Crippen LogP contribution < -0.4 is 34.4 Å². The number of nitrogens with one attached hydrogen (secondary N) is 1. The third kappa shape index (κ3) is 33.8. The zero-order valence-electron chi connectivity index (χ0n) is 47.0. The van der Waals surface area contributed by atoms with Crippen molar-refractivity contribution in [2.75, 3.05) is 6.54 Å². The van der Waals surface area contributed by atoms with E-state index in [1.807, 2.05) is 0 Å². The van der Waals surface area contributed by atoms with Crippen LogP contribution in [0.1, 0.15) is 60.9 Å². The standard InChI is InChI=1S/C8H12N6O2.2C7H9N5O3.2C7H9N5O2S.C6H9N7O2/c9-7(8(15)16)5-6-1-3-14(12-6)4-2-11-13-10;8-5(7(13)14)1-6-11-4(3-15-6)2-10-12-9;8-5(7(13)14)1-6-10-2-4(15-6)3-11-12-9;8-5(7(13)14)1-6-11-4(3-15-6)2-10-12-9;8-5(7(13)14)1-6-10-2-4(15-6)3-11-12-9;7-3(6(14)15)1-4-5(2-9-12-8)11-13-10-4/h1,3,7H,2,4-5,9H2,(H,15,16);3,5H,1-2,8H2,(H,13,14);2,5H,1,3,8H2,(H,13,14);3,5H,1-2,8H2,(H,13,14);2,5H,1,3,8H2,(H,13,14);3H,1-2,7H2,(H,14,15)(H,10,11,13)/t7-;4*5-;3-/m000000/s1. The van der Waals surface area contributed by atoms with Gasteiger partial charge in [-0.15, -0.1) is 22.7 Å². The van der Waals surface area contributed by atoms with Gasteiger partial charge < -0.3 is 73.9 Å². The number of azide groups is 6. The second-order valence-corrected chi connectivity index (χ2v) is 19.1. The van der Waals surface area contributed by atoms with Crippen LogP contribution in [-0.2, 0) is 107 Å². The van der Waals surface area contributed by atoms with Crippen LogP contribution in [0.15, 0.2) is 75.8 Å². The summed E-state index contributed by atoms with van der Waals surface area (Å²) in [7, 11) is 0. The monoisotopic (exact) mass is 1310 g/mol. The lowest BCUT2D eigenvalue weighted by molar-refractivity contribution is -0.139. The van der Waals surface area contributed by atoms with E-state index in [1.54, 1.807) is 28.5 Å². The van der Waals surface area contributed by atoms with E-state index < -0.39 is 72.1 Å². The second-order valence-electron chi connectivity index (χ2n) is 17.0. The number of carboxylic acid groups (broad SMARTS) is 6. The average Bonchev–Trinajstić information content (AvgIpc) is 4.38. The fraction of sp³-hybridized carbons (Fsp3) is 0.452. The third-order valence-electron chi connectivity index (χ3n) is 10.1. The molecular weight excluding hydrogens is 1250 g/mol. The first-order valence-corrected chi connectivity index (χ1v) is 26.6. The van der Waals surface area contributed by atoms with Gasteiger partial charge in [0.1, 0.15) is 48.3 Å². The Morgan fingerprint density at radius 2 is 1.02 bits per heavy atom. The summed E-state index contributed by atoms with van der Waals surface area (Å²) in [5.74, 6) is -5.71. The van der Waals surface area contributed by atoms with E-state index in [9.17, 15) is 28.8 Å². The molecule has 0 bridgehead atoms. The van der Waals surface area contributed by atoms with Gasteiger partial charge in [0.15, 0.2) is 11.8 Å². The van der Waals surface area contributed by atoms with Crippen molar-refractivity contribution >= 4 is 58.5 Å². The lowest BCUT2D eigenvalue weighted by Gasteiger charge is -2.03. The van der Waals surface area contributed by atoms with Crippen molar-refractivity contribution in [1.82, 2.24) is 45.1 Å². The number of nitrogens with zero attached hydrogens (tertiary/aromatic N) is 26. The maximum absolute atomic E-state index is 10.5. The first kappa shape index (κ1) is 77.5. The highest BCUT2D eigenvalue weighted by Gasteiger charge is 2.20. The number of aromatic nitrogens is 9. The summed E-state index contributed by atoms with van der Waals surface area (Å²) in [6.45, 7) is 1.32. The van der Waals surface area contributed by atoms with E-state index in [-0.39, 0.29) is 83.0 Å². The van der Waals surface area contributed by atoms with Crippen molar-refractivity contribution in [3.05, 3.63) is 160 Å². The van der Waals surface area contributed by atoms with Gasteiger partial charge in [-0.1, -0.05) is 30.7 Å². The number of aromatic amines is 1. The summed E-state index contributed by atoms with van der Waals surface area (Å²) >= 11 is 2.61. The molecule has 0 aromatic carbocycles. The molecule has 0 fully saturated rings. The molecule has 0 amide bonds. The highest BCUT2D eigenvalue weighted by atomic mass is 32.1. The minimum absolute atomic E-state index is 0.00556. The van der Waals surface area contributed by atoms with E-state index >= 15 is 0 Å². The SMILES string of the molecule is [N-]=[N+]=NCCn1ccc(C[C@H](N)C(=O)O)n1.[N-]=[N+]=NCc1cnc(C[C@H](N)C(=O)O)o1.[N-]=[N+]=NCc1cnc(C[C@H](N)C(=O)O)s1.[N-]=[N+]=NCc1coc(C[C@H](N)C(=O)O)n1.[N-]=[N+]=NCc1csc(C[C@H](N)C(=O)O)n1.[N-]=[N+]=NCc1n[nH]nc1C[C@H](N)C(=O)O. The maximum atomic E-state index is 10.5. The number of H-pyrrole nitrogens is 1. The number of oxazole rings is 2. The molecule has 0 aliphatic carbocycles. The summed E-state index contributed by atoms with van der Waals surface area (Å²) in [5, 5.41) is 88.2. The highest BCUT2D eigenvalue weighted by molar-refractivity contribution is 7.11. The van der Waals surface area contributed by atoms with E-state index in [2.05, 4.69) is 101 Å². The Labute approximate surface area is 515 Å². The van der Waals surface area contributed by atoms with Crippen molar-refractivity contribution < 1.29 is 68.2 Å². The van der Waals surface area contributed by atoms with Crippen molar-refractivity contribution in [2.45, 2.75) is 114 Å². The molecule has 0 aliphatic rings. The van der Waals surface area contributed by atoms with Crippen LogP contribution in [0.3, 0.4) is 0 Å². The minimum atomic E-state index is -1.12. The topological polar surface area (TPSA) is 810 Å². The quantitative estimate of drug-likeness (QED) is 0.0169. The molecule has 6 heterocycles. The fourth-order valence-electron chi connectivity index (χ4n) is 5.67. The maximum Gasteiger partial charge on any atom is 0.321 e. The van der Waals surface area contributed by atoms with Gasteiger partial charge in [-0.2, -0.15) is 20.5 Å². The third-order valence-corrected chi connectivity index (χ3v) is 12.0. The molecule has 6 aromatic rings. The summed E-state index contributed by atoms with van der Waals surface area (Å²) in [4.78, 5) is 94.8. The van der Waals surface area contributed by atoms with Gasteiger partial charge in [0.25, 0.3) is 0 Å². The van der Waals surface area contributed by atoms with Crippen molar-refractivity contribution in [2.24, 2.45) is 65.1 Å². The summed E-state index contributed by atoms with van der Waals surface area (Å²) in [6.07, 6.45) is 6.55. The smallest absolute Gasteiger partial charge is 0.321 e. The van der Waals surface area contributed by atoms with Gasteiger partial charge in [-0.25, -0.2) is 19.9 Å². The number of rotatable bonds is 31. The normalized spacial score (nSPS) is 11.8. The van der Waals surface area contributed by atoms with Crippen molar-refractivity contribution in [3.8, 4) is 0 Å². The molecule has 49 heteroatoms. The van der Waals surface area contributed by atoms with E-state index in [0.717, 1.165) is 4.88 Å². The molecule has 0 radical (unpaired) electrons. The molecule has 47 nitrogen and oxygen atoms in total. The minimum Gasteiger partial charge on any atom is -0.480 e. The first-order chi connectivity index (χ1) is 43.3. The molecule has 0 saturated carbocycles. The Bertz CT molecular complexity index is 3280. The van der Waals surface area contributed by atoms with Crippen LogP contribution in [0.25, 0.3) is 62.7 Å². The molecule has 6 rings (SSSR count). The van der Waals surface area contributed by atoms with Crippen molar-refractivity contribution in [1.29, 1.82) is 0 Å². The zero-order valence-corrected chi connectivity index (χ0v) is 48.6. The molecule has 6 aromatic heterocycles. The number of nitrogens with two attached hydrogens (primary N) is 6. The van der Waals surface area contributed by atoms with Crippen LogP contribution in [0.2, 0.25) is 0 Å². The van der Waals surface area contributed by atoms with Crippen molar-refractivity contribution in [3.63, 3.8) is 0 Å². The van der Waals surface area contributed by atoms with Crippen LogP contribution >= 0.6 is 22.7 Å². The predicted molar refractivity (Wildman–Crippen MR) is 310 cm³/mol. The molecule has 0 spiro atoms. The Hall–Kier alpha value is -11.5. The summed E-state index contributed by atoms with van der Waals surface area (Å²) < 4.78 is 11.6. The van der Waals surface area contributed by atoms with Crippen LogP contribution in [0.5, 0.6) is 0 Å². The molecule has 0 saturated heterocycles. The molecule has 486 valence electrons. The Balaban J connectivity index is 0.000000546. The fourth-order valence-corrected chi connectivity index (χ4v) is 7.42. The molecule has 6 atom stereocenters. The van der Waals surface area contributed by atoms with Gasteiger partial charge >= 0.3 is 35.8 Å². The number of carbonyl (C=O) groups is 6. The molecule has 0 aliphatic heterocycles. The lowest BCUT2D eigenvalue weighted by atomic mass is 10.1.